The van der Waals surface area contributed by atoms with Crippen LogP contribution in [0, 0.1) is 0 Å². The van der Waals surface area contributed by atoms with Crippen LogP contribution in [0.25, 0.3) is 33.4 Å². The van der Waals surface area contributed by atoms with Gasteiger partial charge in [0.1, 0.15) is 0 Å². The van der Waals surface area contributed by atoms with Gasteiger partial charge < -0.3 is 4.90 Å². The Balaban J connectivity index is 1.09. The lowest BCUT2D eigenvalue weighted by atomic mass is 9.89. The second-order valence-corrected chi connectivity index (χ2v) is 11.4. The molecule has 1 atom stereocenters. The molecular weight excluding hydrogens is 530 g/mol. The second kappa shape index (κ2) is 11.2. The highest BCUT2D eigenvalue weighted by Gasteiger charge is 2.29. The summed E-state index contributed by atoms with van der Waals surface area (Å²) in [5, 5.41) is 0. The topological polar surface area (TPSA) is 3.24 Å². The van der Waals surface area contributed by atoms with Crippen molar-refractivity contribution >= 4 is 17.1 Å². The van der Waals surface area contributed by atoms with E-state index in [2.05, 4.69) is 187 Å². The number of nitrogens with zero attached hydrogens (tertiary/aromatic N) is 1. The van der Waals surface area contributed by atoms with Crippen molar-refractivity contribution in [2.45, 2.75) is 5.92 Å². The van der Waals surface area contributed by atoms with Gasteiger partial charge in [-0.2, -0.15) is 0 Å². The van der Waals surface area contributed by atoms with Crippen LogP contribution >= 0.6 is 0 Å². The fourth-order valence-corrected chi connectivity index (χ4v) is 6.65. The van der Waals surface area contributed by atoms with Gasteiger partial charge in [0.25, 0.3) is 0 Å². The number of benzene rings is 7. The van der Waals surface area contributed by atoms with E-state index in [1.165, 1.54) is 50.1 Å². The summed E-state index contributed by atoms with van der Waals surface area (Å²) in [4.78, 5) is 2.29. The van der Waals surface area contributed by atoms with E-state index in [1.54, 1.807) is 0 Å². The highest BCUT2D eigenvalue weighted by molar-refractivity contribution is 5.85. The van der Waals surface area contributed by atoms with Gasteiger partial charge >= 0.3 is 0 Å². The van der Waals surface area contributed by atoms with E-state index >= 15 is 0 Å². The molecule has 8 rings (SSSR count). The van der Waals surface area contributed by atoms with Crippen molar-refractivity contribution in [1.29, 1.82) is 0 Å². The van der Waals surface area contributed by atoms with Crippen molar-refractivity contribution in [3.63, 3.8) is 0 Å². The molecule has 0 radical (unpaired) electrons. The fourth-order valence-electron chi connectivity index (χ4n) is 6.65. The summed E-state index contributed by atoms with van der Waals surface area (Å²) < 4.78 is 0. The third kappa shape index (κ3) is 4.69. The largest absolute Gasteiger partial charge is 0.311 e. The molecule has 1 heteroatoms. The van der Waals surface area contributed by atoms with E-state index in [-0.39, 0.29) is 5.92 Å². The fraction of sp³-hybridized carbons (Fsp3) is 0.0233. The quantitative estimate of drug-likeness (QED) is 0.195. The number of rotatable bonds is 6. The van der Waals surface area contributed by atoms with Crippen molar-refractivity contribution in [1.82, 2.24) is 0 Å². The summed E-state index contributed by atoms with van der Waals surface area (Å²) in [6, 6.07) is 65.6. The zero-order valence-electron chi connectivity index (χ0n) is 24.3. The smallest absolute Gasteiger partial charge is 0.0462 e. The molecular formula is C43H31N. The molecule has 0 spiro atoms. The Morgan fingerprint density at radius 2 is 0.750 bits per heavy atom. The Kier molecular flexibility index (Phi) is 6.62. The van der Waals surface area contributed by atoms with E-state index in [9.17, 15) is 0 Å². The van der Waals surface area contributed by atoms with Crippen LogP contribution in [-0.4, -0.2) is 0 Å². The highest BCUT2D eigenvalue weighted by Crippen LogP contribution is 2.49. The van der Waals surface area contributed by atoms with Gasteiger partial charge in [0, 0.05) is 23.0 Å². The van der Waals surface area contributed by atoms with Gasteiger partial charge in [-0.25, -0.2) is 0 Å². The first-order valence-corrected chi connectivity index (χ1v) is 15.2. The number of hydrogen-bond donors (Lipinski definition) is 0. The van der Waals surface area contributed by atoms with Crippen LogP contribution < -0.4 is 4.90 Å². The van der Waals surface area contributed by atoms with Crippen molar-refractivity contribution in [3.05, 3.63) is 199 Å². The molecule has 44 heavy (non-hydrogen) atoms. The molecule has 208 valence electrons. The van der Waals surface area contributed by atoms with Gasteiger partial charge in [-0.3, -0.25) is 0 Å². The molecule has 0 saturated heterocycles. The number of anilines is 3. The van der Waals surface area contributed by atoms with Gasteiger partial charge in [0.15, 0.2) is 0 Å². The van der Waals surface area contributed by atoms with E-state index in [1.807, 2.05) is 0 Å². The van der Waals surface area contributed by atoms with Crippen LogP contribution in [0.3, 0.4) is 0 Å². The van der Waals surface area contributed by atoms with Gasteiger partial charge in [0.2, 0.25) is 0 Å². The summed E-state index contributed by atoms with van der Waals surface area (Å²) in [7, 11) is 0. The van der Waals surface area contributed by atoms with Crippen LogP contribution in [0.5, 0.6) is 0 Å². The van der Waals surface area contributed by atoms with Crippen LogP contribution in [0.1, 0.15) is 22.6 Å². The first-order chi connectivity index (χ1) is 21.8. The molecule has 1 aliphatic carbocycles. The molecule has 0 aromatic heterocycles. The zero-order valence-corrected chi connectivity index (χ0v) is 24.3. The molecule has 7 aromatic rings. The molecule has 1 nitrogen and oxygen atoms in total. The summed E-state index contributed by atoms with van der Waals surface area (Å²) in [5.41, 5.74) is 15.1. The molecule has 1 aliphatic rings. The Bertz CT molecular complexity index is 1990. The molecule has 0 amide bonds. The minimum atomic E-state index is 0.279. The highest BCUT2D eigenvalue weighted by atomic mass is 15.1. The summed E-state index contributed by atoms with van der Waals surface area (Å²) >= 11 is 0. The molecule has 0 bridgehead atoms. The maximum Gasteiger partial charge on any atom is 0.0462 e. The molecule has 0 N–H and O–H groups in total. The number of hydrogen-bond acceptors (Lipinski definition) is 1. The molecule has 0 fully saturated rings. The van der Waals surface area contributed by atoms with E-state index in [0.717, 1.165) is 17.1 Å². The van der Waals surface area contributed by atoms with Gasteiger partial charge in [-0.05, 0) is 92.5 Å². The predicted octanol–water partition coefficient (Wildman–Crippen LogP) is 11.7. The van der Waals surface area contributed by atoms with Crippen molar-refractivity contribution < 1.29 is 0 Å². The molecule has 0 saturated carbocycles. The van der Waals surface area contributed by atoms with Crippen molar-refractivity contribution in [3.8, 4) is 33.4 Å². The second-order valence-electron chi connectivity index (χ2n) is 11.4. The predicted molar refractivity (Wildman–Crippen MR) is 185 cm³/mol. The van der Waals surface area contributed by atoms with Crippen LogP contribution in [0.4, 0.5) is 17.1 Å². The van der Waals surface area contributed by atoms with Crippen LogP contribution in [0.15, 0.2) is 182 Å². The summed E-state index contributed by atoms with van der Waals surface area (Å²) in [5.74, 6) is 0.279. The number of para-hydroxylation sites is 2. The van der Waals surface area contributed by atoms with Gasteiger partial charge in [-0.15, -0.1) is 0 Å². The number of fused-ring (bicyclic) bond motifs is 3. The molecule has 1 unspecified atom stereocenters. The summed E-state index contributed by atoms with van der Waals surface area (Å²) in [6.07, 6.45) is 0. The Morgan fingerprint density at radius 3 is 1.36 bits per heavy atom. The first kappa shape index (κ1) is 26.0. The van der Waals surface area contributed by atoms with Gasteiger partial charge in [-0.1, -0.05) is 140 Å². The molecule has 0 aliphatic heterocycles. The molecule has 0 heterocycles. The van der Waals surface area contributed by atoms with Crippen molar-refractivity contribution in [2.75, 3.05) is 4.90 Å². The van der Waals surface area contributed by atoms with E-state index in [0.29, 0.717) is 0 Å². The minimum absolute atomic E-state index is 0.279. The van der Waals surface area contributed by atoms with E-state index in [4.69, 9.17) is 0 Å². The van der Waals surface area contributed by atoms with E-state index < -0.39 is 0 Å². The maximum absolute atomic E-state index is 2.38. The Hall–Kier alpha value is -5.66. The normalized spacial score (nSPS) is 13.2. The SMILES string of the molecule is c1ccc(C2c3ccccc3-c3cc(-c4ccc(-c5ccc(N(c6ccccc6)c6ccccc6)cc5)cc4)ccc32)cc1. The lowest BCUT2D eigenvalue weighted by molar-refractivity contribution is 1.02. The Labute approximate surface area is 259 Å². The third-order valence-corrected chi connectivity index (χ3v) is 8.77. The maximum atomic E-state index is 2.38. The lowest BCUT2D eigenvalue weighted by Crippen LogP contribution is -2.09. The lowest BCUT2D eigenvalue weighted by Gasteiger charge is -2.25. The minimum Gasteiger partial charge on any atom is -0.311 e. The standard InChI is InChI=1S/C43H31N/c1-4-12-34(13-5-1)43-40-19-11-10-18-39(40)42-30-35(26-29-41(42)43)33-22-20-31(21-23-33)32-24-27-38(28-25-32)44(36-14-6-2-7-15-36)37-16-8-3-9-17-37/h1-30,43H. The van der Waals surface area contributed by atoms with Crippen LogP contribution in [0.2, 0.25) is 0 Å². The Morgan fingerprint density at radius 1 is 0.318 bits per heavy atom. The monoisotopic (exact) mass is 561 g/mol. The first-order valence-electron chi connectivity index (χ1n) is 15.2. The van der Waals surface area contributed by atoms with Gasteiger partial charge in [0.05, 0.1) is 0 Å². The van der Waals surface area contributed by atoms with Crippen molar-refractivity contribution in [2.24, 2.45) is 0 Å². The summed E-state index contributed by atoms with van der Waals surface area (Å²) in [6.45, 7) is 0. The average molecular weight is 562 g/mol. The third-order valence-electron chi connectivity index (χ3n) is 8.77. The zero-order chi connectivity index (χ0) is 29.3. The van der Waals surface area contributed by atoms with Crippen LogP contribution in [-0.2, 0) is 0 Å². The molecule has 7 aromatic carbocycles. The average Bonchev–Trinajstić information content (AvgIpc) is 3.44.